The van der Waals surface area contributed by atoms with Gasteiger partial charge in [0.05, 0.1) is 13.2 Å². The summed E-state index contributed by atoms with van der Waals surface area (Å²) in [6.07, 6.45) is 0.876. The molecule has 1 aromatic carbocycles. The number of carbonyl (C=O) groups excluding carboxylic acids is 1. The summed E-state index contributed by atoms with van der Waals surface area (Å²) in [5, 5.41) is 2.88. The highest BCUT2D eigenvalue weighted by molar-refractivity contribution is 5.81. The van der Waals surface area contributed by atoms with Gasteiger partial charge in [-0.15, -0.1) is 0 Å². The first-order valence-corrected chi connectivity index (χ1v) is 8.36. The number of amides is 1. The number of nitrogens with zero attached hydrogens (tertiary/aromatic N) is 1. The molecule has 0 aliphatic rings. The van der Waals surface area contributed by atoms with Gasteiger partial charge in [-0.25, -0.2) is 0 Å². The van der Waals surface area contributed by atoms with Crippen molar-refractivity contribution in [3.8, 4) is 11.5 Å². The molecule has 0 aromatic heterocycles. The maximum absolute atomic E-state index is 12.0. The van der Waals surface area contributed by atoms with Crippen molar-refractivity contribution in [1.29, 1.82) is 0 Å². The Morgan fingerprint density at radius 3 is 2.62 bits per heavy atom. The fourth-order valence-corrected chi connectivity index (χ4v) is 2.10. The molecule has 0 saturated carbocycles. The van der Waals surface area contributed by atoms with Gasteiger partial charge in [-0.05, 0) is 37.7 Å². The summed E-state index contributed by atoms with van der Waals surface area (Å²) in [7, 11) is 5.60. The summed E-state index contributed by atoms with van der Waals surface area (Å²) in [6.45, 7) is 5.83. The highest BCUT2D eigenvalue weighted by Crippen LogP contribution is 2.28. The first kappa shape index (κ1) is 20.3. The van der Waals surface area contributed by atoms with E-state index in [1.807, 2.05) is 46.1 Å². The molecule has 1 aromatic rings. The minimum atomic E-state index is -0.481. The molecule has 24 heavy (non-hydrogen) atoms. The largest absolute Gasteiger partial charge is 0.493 e. The van der Waals surface area contributed by atoms with Crippen molar-refractivity contribution in [2.75, 3.05) is 34.4 Å². The zero-order valence-corrected chi connectivity index (χ0v) is 15.5. The molecule has 1 amide bonds. The third-order valence-corrected chi connectivity index (χ3v) is 4.05. The van der Waals surface area contributed by atoms with Gasteiger partial charge in [0.15, 0.2) is 11.5 Å². The van der Waals surface area contributed by atoms with Crippen LogP contribution >= 0.6 is 0 Å². The lowest BCUT2D eigenvalue weighted by Crippen LogP contribution is -2.44. The highest BCUT2D eigenvalue weighted by atomic mass is 16.5. The third kappa shape index (κ3) is 6.37. The molecule has 0 spiro atoms. The molecular weight excluding hydrogens is 306 g/mol. The zero-order chi connectivity index (χ0) is 18.1. The van der Waals surface area contributed by atoms with Gasteiger partial charge < -0.3 is 25.4 Å². The van der Waals surface area contributed by atoms with Crippen molar-refractivity contribution in [1.82, 2.24) is 10.2 Å². The van der Waals surface area contributed by atoms with E-state index < -0.39 is 6.04 Å². The number of carbonyl (C=O) groups is 1. The molecule has 0 fully saturated rings. The van der Waals surface area contributed by atoms with Gasteiger partial charge in [-0.2, -0.15) is 0 Å². The Labute approximate surface area is 145 Å². The number of hydrogen-bond acceptors (Lipinski definition) is 5. The SMILES string of the molecule is CCC(C)C(N)C(=O)NCc1ccc(OCCN(C)C)c(OC)c1. The summed E-state index contributed by atoms with van der Waals surface area (Å²) in [4.78, 5) is 14.1. The van der Waals surface area contributed by atoms with E-state index in [1.54, 1.807) is 7.11 Å². The van der Waals surface area contributed by atoms with Crippen LogP contribution in [-0.2, 0) is 11.3 Å². The van der Waals surface area contributed by atoms with Crippen LogP contribution < -0.4 is 20.5 Å². The monoisotopic (exact) mass is 337 g/mol. The Kier molecular flexibility index (Phi) is 8.57. The van der Waals surface area contributed by atoms with Crippen molar-refractivity contribution in [3.63, 3.8) is 0 Å². The number of nitrogens with two attached hydrogens (primary N) is 1. The van der Waals surface area contributed by atoms with E-state index in [4.69, 9.17) is 15.2 Å². The normalized spacial score (nSPS) is 13.5. The minimum absolute atomic E-state index is 0.130. The van der Waals surface area contributed by atoms with Gasteiger partial charge >= 0.3 is 0 Å². The third-order valence-electron chi connectivity index (χ3n) is 4.05. The molecule has 0 aliphatic heterocycles. The second-order valence-corrected chi connectivity index (χ2v) is 6.27. The molecule has 2 atom stereocenters. The molecule has 6 heteroatoms. The maximum Gasteiger partial charge on any atom is 0.237 e. The summed E-state index contributed by atoms with van der Waals surface area (Å²) in [5.74, 6) is 1.39. The van der Waals surface area contributed by atoms with E-state index in [2.05, 4.69) is 10.2 Å². The van der Waals surface area contributed by atoms with Crippen molar-refractivity contribution < 1.29 is 14.3 Å². The summed E-state index contributed by atoms with van der Waals surface area (Å²) in [5.41, 5.74) is 6.88. The van der Waals surface area contributed by atoms with Crippen LogP contribution in [-0.4, -0.2) is 51.2 Å². The minimum Gasteiger partial charge on any atom is -0.493 e. The van der Waals surface area contributed by atoms with Crippen LogP contribution in [0.1, 0.15) is 25.8 Å². The maximum atomic E-state index is 12.0. The second-order valence-electron chi connectivity index (χ2n) is 6.27. The number of likely N-dealkylation sites (N-methyl/N-ethyl adjacent to an activating group) is 1. The van der Waals surface area contributed by atoms with Gasteiger partial charge in [0.2, 0.25) is 5.91 Å². The fourth-order valence-electron chi connectivity index (χ4n) is 2.10. The van der Waals surface area contributed by atoms with Crippen molar-refractivity contribution >= 4 is 5.91 Å². The molecule has 0 heterocycles. The Morgan fingerprint density at radius 1 is 1.33 bits per heavy atom. The summed E-state index contributed by atoms with van der Waals surface area (Å²) in [6, 6.07) is 5.18. The summed E-state index contributed by atoms with van der Waals surface area (Å²) >= 11 is 0. The number of hydrogen-bond donors (Lipinski definition) is 2. The topological polar surface area (TPSA) is 76.8 Å². The molecule has 1 rings (SSSR count). The van der Waals surface area contributed by atoms with Crippen LogP contribution in [0.3, 0.4) is 0 Å². The lowest BCUT2D eigenvalue weighted by Gasteiger charge is -2.18. The lowest BCUT2D eigenvalue weighted by molar-refractivity contribution is -0.123. The Bertz CT molecular complexity index is 520. The van der Waals surface area contributed by atoms with Gasteiger partial charge in [0.1, 0.15) is 6.61 Å². The molecule has 6 nitrogen and oxygen atoms in total. The van der Waals surface area contributed by atoms with Crippen LogP contribution in [0.5, 0.6) is 11.5 Å². The van der Waals surface area contributed by atoms with Gasteiger partial charge in [-0.1, -0.05) is 26.3 Å². The van der Waals surface area contributed by atoms with Crippen molar-refractivity contribution in [2.24, 2.45) is 11.7 Å². The van der Waals surface area contributed by atoms with Crippen LogP contribution in [0.25, 0.3) is 0 Å². The van der Waals surface area contributed by atoms with E-state index in [1.165, 1.54) is 0 Å². The van der Waals surface area contributed by atoms with E-state index in [-0.39, 0.29) is 11.8 Å². The number of nitrogens with one attached hydrogen (secondary N) is 1. The number of rotatable bonds is 10. The molecule has 3 N–H and O–H groups in total. The molecule has 0 aliphatic carbocycles. The Morgan fingerprint density at radius 2 is 2.04 bits per heavy atom. The predicted octanol–water partition coefficient (Wildman–Crippen LogP) is 1.63. The summed E-state index contributed by atoms with van der Waals surface area (Å²) < 4.78 is 11.1. The van der Waals surface area contributed by atoms with Crippen LogP contribution in [0.2, 0.25) is 0 Å². The van der Waals surface area contributed by atoms with Crippen LogP contribution in [0, 0.1) is 5.92 Å². The van der Waals surface area contributed by atoms with E-state index in [9.17, 15) is 4.79 Å². The first-order chi connectivity index (χ1) is 11.4. The quantitative estimate of drug-likeness (QED) is 0.678. The zero-order valence-electron chi connectivity index (χ0n) is 15.5. The molecule has 0 bridgehead atoms. The van der Waals surface area contributed by atoms with Crippen LogP contribution in [0.4, 0.5) is 0 Å². The van der Waals surface area contributed by atoms with Gasteiger partial charge in [-0.3, -0.25) is 4.79 Å². The van der Waals surface area contributed by atoms with Crippen molar-refractivity contribution in [3.05, 3.63) is 23.8 Å². The average Bonchev–Trinajstić information content (AvgIpc) is 2.58. The van der Waals surface area contributed by atoms with Gasteiger partial charge in [0.25, 0.3) is 0 Å². The first-order valence-electron chi connectivity index (χ1n) is 8.36. The fraction of sp³-hybridized carbons (Fsp3) is 0.611. The standard InChI is InChI=1S/C18H31N3O3/c1-6-13(2)17(19)18(22)20-12-14-7-8-15(16(11-14)23-5)24-10-9-21(3)4/h7-8,11,13,17H,6,9-10,12,19H2,1-5H3,(H,20,22). The number of methoxy groups -OCH3 is 1. The molecule has 136 valence electrons. The van der Waals surface area contributed by atoms with Gasteiger partial charge in [0, 0.05) is 13.1 Å². The highest BCUT2D eigenvalue weighted by Gasteiger charge is 2.19. The van der Waals surface area contributed by atoms with E-state index in [0.29, 0.717) is 24.7 Å². The number of benzene rings is 1. The smallest absolute Gasteiger partial charge is 0.237 e. The van der Waals surface area contributed by atoms with E-state index in [0.717, 1.165) is 18.5 Å². The number of ether oxygens (including phenoxy) is 2. The lowest BCUT2D eigenvalue weighted by atomic mass is 9.99. The predicted molar refractivity (Wildman–Crippen MR) is 96.3 cm³/mol. The molecular formula is C18H31N3O3. The second kappa shape index (κ2) is 10.2. The molecule has 2 unspecified atom stereocenters. The Hall–Kier alpha value is -1.79. The Balaban J connectivity index is 2.62. The average molecular weight is 337 g/mol. The molecule has 0 saturated heterocycles. The van der Waals surface area contributed by atoms with Crippen molar-refractivity contribution in [2.45, 2.75) is 32.9 Å². The van der Waals surface area contributed by atoms with E-state index >= 15 is 0 Å². The molecule has 0 radical (unpaired) electrons. The van der Waals surface area contributed by atoms with Crippen LogP contribution in [0.15, 0.2) is 18.2 Å².